The molecule has 0 radical (unpaired) electrons. The van der Waals surface area contributed by atoms with Gasteiger partial charge in [0.2, 0.25) is 0 Å². The molecule has 0 aliphatic heterocycles. The van der Waals surface area contributed by atoms with Gasteiger partial charge < -0.3 is 20.6 Å². The van der Waals surface area contributed by atoms with Crippen molar-refractivity contribution in [2.75, 3.05) is 19.7 Å². The summed E-state index contributed by atoms with van der Waals surface area (Å²) in [5.74, 6) is -0.867. The van der Waals surface area contributed by atoms with E-state index in [-0.39, 0.29) is 13.0 Å². The molecule has 4 N–H and O–H groups in total. The molecule has 0 amide bonds. The fourth-order valence-electron chi connectivity index (χ4n) is 0.816. The van der Waals surface area contributed by atoms with Crippen LogP contribution in [-0.2, 0) is 4.79 Å². The van der Waals surface area contributed by atoms with Crippen LogP contribution in [0.25, 0.3) is 0 Å². The van der Waals surface area contributed by atoms with E-state index in [2.05, 4.69) is 5.32 Å². The number of aliphatic carboxylic acids is 1. The first kappa shape index (κ1) is 13.4. The highest BCUT2D eigenvalue weighted by atomic mass is 16.4. The van der Waals surface area contributed by atoms with E-state index < -0.39 is 17.5 Å². The molecule has 0 heterocycles. The van der Waals surface area contributed by atoms with E-state index in [9.17, 15) is 9.90 Å². The lowest BCUT2D eigenvalue weighted by molar-refractivity contribution is -0.136. The first-order valence-electron chi connectivity index (χ1n) is 4.61. The van der Waals surface area contributed by atoms with Crippen LogP contribution in [0, 0.1) is 5.41 Å². The van der Waals surface area contributed by atoms with Crippen LogP contribution in [-0.4, -0.2) is 47.1 Å². The summed E-state index contributed by atoms with van der Waals surface area (Å²) in [6.45, 7) is 4.01. The zero-order chi connectivity index (χ0) is 11.2. The molecule has 0 aromatic rings. The van der Waals surface area contributed by atoms with Gasteiger partial charge in [-0.1, -0.05) is 13.8 Å². The Labute approximate surface area is 83.8 Å². The predicted molar refractivity (Wildman–Crippen MR) is 52.0 cm³/mol. The summed E-state index contributed by atoms with van der Waals surface area (Å²) in [5, 5.41) is 29.7. The first-order chi connectivity index (χ1) is 6.40. The molecule has 0 aliphatic rings. The zero-order valence-corrected chi connectivity index (χ0v) is 8.66. The third kappa shape index (κ3) is 5.16. The van der Waals surface area contributed by atoms with Crippen molar-refractivity contribution in [1.82, 2.24) is 5.32 Å². The number of carboxylic acid groups (broad SMARTS) is 1. The number of aliphatic hydroxyl groups is 2. The highest BCUT2D eigenvalue weighted by Crippen LogP contribution is 2.18. The summed E-state index contributed by atoms with van der Waals surface area (Å²) in [6, 6.07) is 0. The topological polar surface area (TPSA) is 89.8 Å². The molecule has 0 aromatic carbocycles. The minimum atomic E-state index is -0.867. The molecule has 1 atom stereocenters. The van der Waals surface area contributed by atoms with E-state index in [0.717, 1.165) is 0 Å². The fraction of sp³-hybridized carbons (Fsp3) is 0.889. The minimum absolute atomic E-state index is 0.0340. The maximum Gasteiger partial charge on any atom is 0.304 e. The van der Waals surface area contributed by atoms with Crippen LogP contribution in [0.5, 0.6) is 0 Å². The molecule has 1 unspecified atom stereocenters. The molecule has 0 fully saturated rings. The Bertz CT molecular complexity index is 182. The van der Waals surface area contributed by atoms with E-state index >= 15 is 0 Å². The van der Waals surface area contributed by atoms with Gasteiger partial charge >= 0.3 is 5.97 Å². The van der Waals surface area contributed by atoms with E-state index in [0.29, 0.717) is 13.1 Å². The van der Waals surface area contributed by atoms with Crippen LogP contribution in [0.15, 0.2) is 0 Å². The highest BCUT2D eigenvalue weighted by molar-refractivity contribution is 5.66. The number of rotatable bonds is 7. The first-order valence-corrected chi connectivity index (χ1v) is 4.61. The molecular weight excluding hydrogens is 186 g/mol. The largest absolute Gasteiger partial charge is 0.481 e. The number of carboxylic acids is 1. The quantitative estimate of drug-likeness (QED) is 0.418. The Kier molecular flexibility index (Phi) is 5.68. The van der Waals surface area contributed by atoms with Gasteiger partial charge in [0.25, 0.3) is 0 Å². The third-order valence-corrected chi connectivity index (χ3v) is 2.16. The Morgan fingerprint density at radius 2 is 2.07 bits per heavy atom. The molecule has 0 aromatic heterocycles. The van der Waals surface area contributed by atoms with Gasteiger partial charge in [0.05, 0.1) is 19.1 Å². The molecule has 5 nitrogen and oxygen atoms in total. The number of carbonyl (C=O) groups is 1. The molecular formula is C9H19NO4. The Morgan fingerprint density at radius 3 is 2.50 bits per heavy atom. The summed E-state index contributed by atoms with van der Waals surface area (Å²) in [4.78, 5) is 10.2. The lowest BCUT2D eigenvalue weighted by Gasteiger charge is -2.28. The maximum absolute atomic E-state index is 10.2. The van der Waals surface area contributed by atoms with Crippen LogP contribution < -0.4 is 5.32 Å². The van der Waals surface area contributed by atoms with Gasteiger partial charge in [-0.3, -0.25) is 4.79 Å². The molecule has 0 saturated heterocycles. The van der Waals surface area contributed by atoms with Crippen molar-refractivity contribution in [3.8, 4) is 0 Å². The van der Waals surface area contributed by atoms with Gasteiger partial charge in [-0.05, 0) is 0 Å². The lowest BCUT2D eigenvalue weighted by atomic mass is 9.87. The number of aliphatic hydroxyl groups excluding tert-OH is 2. The Balaban J connectivity index is 3.63. The van der Waals surface area contributed by atoms with Crippen LogP contribution >= 0.6 is 0 Å². The van der Waals surface area contributed by atoms with E-state index in [1.54, 1.807) is 13.8 Å². The van der Waals surface area contributed by atoms with E-state index in [1.807, 2.05) is 0 Å². The van der Waals surface area contributed by atoms with Crippen LogP contribution in [0.1, 0.15) is 20.3 Å². The van der Waals surface area contributed by atoms with Crippen LogP contribution in [0.3, 0.4) is 0 Å². The molecule has 0 spiro atoms. The Morgan fingerprint density at radius 1 is 1.50 bits per heavy atom. The predicted octanol–water partition coefficient (Wildman–Crippen LogP) is -0.570. The van der Waals surface area contributed by atoms with Crippen LogP contribution in [0.2, 0.25) is 0 Å². The molecule has 0 bridgehead atoms. The number of hydrogen-bond acceptors (Lipinski definition) is 4. The summed E-state index contributed by atoms with van der Waals surface area (Å²) in [7, 11) is 0. The van der Waals surface area contributed by atoms with Crippen molar-refractivity contribution < 1.29 is 20.1 Å². The van der Waals surface area contributed by atoms with E-state index in [1.165, 1.54) is 0 Å². The zero-order valence-electron chi connectivity index (χ0n) is 8.66. The van der Waals surface area contributed by atoms with Gasteiger partial charge in [0.15, 0.2) is 0 Å². The summed E-state index contributed by atoms with van der Waals surface area (Å²) in [6.07, 6.45) is -0.645. The number of nitrogens with one attached hydrogen (secondary N) is 1. The SMILES string of the molecule is CC(C)(CO)C(O)CNCCC(=O)O. The van der Waals surface area contributed by atoms with Crippen molar-refractivity contribution in [1.29, 1.82) is 0 Å². The van der Waals surface area contributed by atoms with Crippen molar-refractivity contribution in [2.45, 2.75) is 26.4 Å². The fourth-order valence-corrected chi connectivity index (χ4v) is 0.816. The maximum atomic E-state index is 10.2. The summed E-state index contributed by atoms with van der Waals surface area (Å²) < 4.78 is 0. The normalized spacial score (nSPS) is 14.0. The second-order valence-corrected chi connectivity index (χ2v) is 4.01. The molecule has 0 aliphatic carbocycles. The minimum Gasteiger partial charge on any atom is -0.481 e. The van der Waals surface area contributed by atoms with Gasteiger partial charge in [0, 0.05) is 18.5 Å². The molecule has 5 heteroatoms. The summed E-state index contributed by atoms with van der Waals surface area (Å²) >= 11 is 0. The van der Waals surface area contributed by atoms with E-state index in [4.69, 9.17) is 10.2 Å². The lowest BCUT2D eigenvalue weighted by Crippen LogP contribution is -2.41. The van der Waals surface area contributed by atoms with Crippen molar-refractivity contribution in [2.24, 2.45) is 5.41 Å². The molecule has 14 heavy (non-hydrogen) atoms. The molecule has 84 valence electrons. The third-order valence-electron chi connectivity index (χ3n) is 2.16. The average Bonchev–Trinajstić information content (AvgIpc) is 2.11. The van der Waals surface area contributed by atoms with Crippen molar-refractivity contribution in [3.05, 3.63) is 0 Å². The Hall–Kier alpha value is -0.650. The average molecular weight is 205 g/mol. The van der Waals surface area contributed by atoms with Gasteiger partial charge in [0.1, 0.15) is 0 Å². The summed E-state index contributed by atoms with van der Waals surface area (Å²) in [5.41, 5.74) is -0.559. The standard InChI is InChI=1S/C9H19NO4/c1-9(2,6-11)7(12)5-10-4-3-8(13)14/h7,10-12H,3-6H2,1-2H3,(H,13,14). The van der Waals surface area contributed by atoms with Gasteiger partial charge in [-0.25, -0.2) is 0 Å². The monoisotopic (exact) mass is 205 g/mol. The number of hydrogen-bond donors (Lipinski definition) is 4. The second-order valence-electron chi connectivity index (χ2n) is 4.01. The van der Waals surface area contributed by atoms with Crippen LogP contribution in [0.4, 0.5) is 0 Å². The molecule has 0 saturated carbocycles. The van der Waals surface area contributed by atoms with Gasteiger partial charge in [-0.2, -0.15) is 0 Å². The highest BCUT2D eigenvalue weighted by Gasteiger charge is 2.26. The molecule has 0 rings (SSSR count). The van der Waals surface area contributed by atoms with Crippen molar-refractivity contribution in [3.63, 3.8) is 0 Å². The van der Waals surface area contributed by atoms with Crippen molar-refractivity contribution >= 4 is 5.97 Å². The van der Waals surface area contributed by atoms with Gasteiger partial charge in [-0.15, -0.1) is 0 Å². The second kappa shape index (κ2) is 5.95. The smallest absolute Gasteiger partial charge is 0.304 e.